The van der Waals surface area contributed by atoms with Gasteiger partial charge in [0, 0.05) is 5.92 Å². The van der Waals surface area contributed by atoms with E-state index in [9.17, 15) is 4.79 Å². The van der Waals surface area contributed by atoms with Gasteiger partial charge in [-0.3, -0.25) is 4.79 Å². The summed E-state index contributed by atoms with van der Waals surface area (Å²) in [6.45, 7) is 2.35. The largest absolute Gasteiger partial charge is 0.394 e. The molecule has 15 heavy (non-hydrogen) atoms. The summed E-state index contributed by atoms with van der Waals surface area (Å²) in [5.41, 5.74) is -1.31. The Hall–Kier alpha value is -0.650. The van der Waals surface area contributed by atoms with E-state index in [2.05, 4.69) is 5.32 Å². The minimum absolute atomic E-state index is 0.144. The van der Waals surface area contributed by atoms with E-state index in [4.69, 9.17) is 15.3 Å². The quantitative estimate of drug-likeness (QED) is 0.454. The lowest BCUT2D eigenvalue weighted by Crippen LogP contribution is -2.58. The average Bonchev–Trinajstić information content (AvgIpc) is 2.28. The Morgan fingerprint density at radius 1 is 1.13 bits per heavy atom. The van der Waals surface area contributed by atoms with Gasteiger partial charge < -0.3 is 20.6 Å². The standard InChI is InChI=1S/C10H21NO4/c1-3-8(4-2)9(15)11-10(5-12,6-13)7-14/h8,12-14H,3-7H2,1-2H3,(H,11,15). The molecule has 0 aliphatic heterocycles. The van der Waals surface area contributed by atoms with Gasteiger partial charge in [-0.05, 0) is 12.8 Å². The van der Waals surface area contributed by atoms with Crippen LogP contribution in [0.1, 0.15) is 26.7 Å². The number of aliphatic hydroxyl groups excluding tert-OH is 3. The highest BCUT2D eigenvalue weighted by Gasteiger charge is 2.31. The number of amides is 1. The van der Waals surface area contributed by atoms with Crippen molar-refractivity contribution in [3.8, 4) is 0 Å². The smallest absolute Gasteiger partial charge is 0.223 e. The van der Waals surface area contributed by atoms with Crippen LogP contribution in [0, 0.1) is 5.92 Å². The summed E-state index contributed by atoms with van der Waals surface area (Å²) in [6.07, 6.45) is 1.39. The molecule has 0 unspecified atom stereocenters. The van der Waals surface area contributed by atoms with Crippen LogP contribution in [0.4, 0.5) is 0 Å². The maximum atomic E-state index is 11.7. The molecule has 0 heterocycles. The number of hydrogen-bond acceptors (Lipinski definition) is 4. The fourth-order valence-corrected chi connectivity index (χ4v) is 1.29. The van der Waals surface area contributed by atoms with E-state index in [0.717, 1.165) is 0 Å². The molecule has 5 nitrogen and oxygen atoms in total. The molecule has 0 bridgehead atoms. The van der Waals surface area contributed by atoms with Crippen molar-refractivity contribution < 1.29 is 20.1 Å². The van der Waals surface area contributed by atoms with Gasteiger partial charge >= 0.3 is 0 Å². The highest BCUT2D eigenvalue weighted by molar-refractivity contribution is 5.79. The summed E-state index contributed by atoms with van der Waals surface area (Å²) in [6, 6.07) is 0. The van der Waals surface area contributed by atoms with E-state index in [1.165, 1.54) is 0 Å². The Kier molecular flexibility index (Phi) is 6.47. The van der Waals surface area contributed by atoms with Crippen LogP contribution in [0.2, 0.25) is 0 Å². The third-order valence-electron chi connectivity index (χ3n) is 2.65. The van der Waals surface area contributed by atoms with Gasteiger partial charge in [-0.25, -0.2) is 0 Å². The fourth-order valence-electron chi connectivity index (χ4n) is 1.29. The summed E-state index contributed by atoms with van der Waals surface area (Å²) in [5, 5.41) is 29.5. The van der Waals surface area contributed by atoms with Gasteiger partial charge in [0.2, 0.25) is 5.91 Å². The first-order chi connectivity index (χ1) is 7.09. The molecule has 0 saturated heterocycles. The molecule has 0 aliphatic rings. The lowest BCUT2D eigenvalue weighted by Gasteiger charge is -2.30. The Balaban J connectivity index is 4.46. The normalized spacial score (nSPS) is 11.9. The Morgan fingerprint density at radius 2 is 1.53 bits per heavy atom. The second kappa shape index (κ2) is 6.76. The van der Waals surface area contributed by atoms with E-state index < -0.39 is 25.4 Å². The van der Waals surface area contributed by atoms with Crippen molar-refractivity contribution in [1.82, 2.24) is 5.32 Å². The minimum atomic E-state index is -1.31. The highest BCUT2D eigenvalue weighted by atomic mass is 16.3. The van der Waals surface area contributed by atoms with Crippen LogP contribution in [0.3, 0.4) is 0 Å². The number of carbonyl (C=O) groups excluding carboxylic acids is 1. The number of carbonyl (C=O) groups is 1. The molecule has 0 aromatic heterocycles. The van der Waals surface area contributed by atoms with Crippen molar-refractivity contribution in [3.63, 3.8) is 0 Å². The van der Waals surface area contributed by atoms with Crippen LogP contribution in [0.15, 0.2) is 0 Å². The molecule has 0 atom stereocenters. The van der Waals surface area contributed by atoms with Crippen molar-refractivity contribution >= 4 is 5.91 Å². The van der Waals surface area contributed by atoms with Crippen molar-refractivity contribution in [3.05, 3.63) is 0 Å². The third-order valence-corrected chi connectivity index (χ3v) is 2.65. The van der Waals surface area contributed by atoms with Crippen molar-refractivity contribution in [2.75, 3.05) is 19.8 Å². The summed E-state index contributed by atoms with van der Waals surface area (Å²) in [7, 11) is 0. The second-order valence-corrected chi connectivity index (χ2v) is 3.76. The minimum Gasteiger partial charge on any atom is -0.394 e. The van der Waals surface area contributed by atoms with Crippen molar-refractivity contribution in [2.24, 2.45) is 5.92 Å². The van der Waals surface area contributed by atoms with Crippen LogP contribution in [0.25, 0.3) is 0 Å². The van der Waals surface area contributed by atoms with Gasteiger partial charge in [-0.15, -0.1) is 0 Å². The molecule has 0 aromatic carbocycles. The molecular weight excluding hydrogens is 198 g/mol. The molecule has 0 fully saturated rings. The van der Waals surface area contributed by atoms with Gasteiger partial charge in [0.05, 0.1) is 19.8 Å². The third kappa shape index (κ3) is 3.77. The Morgan fingerprint density at radius 3 is 1.80 bits per heavy atom. The SMILES string of the molecule is CCC(CC)C(=O)NC(CO)(CO)CO. The zero-order valence-electron chi connectivity index (χ0n) is 9.36. The molecule has 5 heteroatoms. The Bertz CT molecular complexity index is 180. The molecule has 4 N–H and O–H groups in total. The zero-order chi connectivity index (χ0) is 11.9. The molecule has 0 spiro atoms. The summed E-state index contributed by atoms with van der Waals surface area (Å²) in [4.78, 5) is 11.7. The number of rotatable bonds is 7. The van der Waals surface area contributed by atoms with Gasteiger partial charge in [-0.1, -0.05) is 13.8 Å². The second-order valence-electron chi connectivity index (χ2n) is 3.76. The van der Waals surface area contributed by atoms with Crippen LogP contribution in [0.5, 0.6) is 0 Å². The molecule has 0 aliphatic carbocycles. The van der Waals surface area contributed by atoms with E-state index in [1.54, 1.807) is 0 Å². The van der Waals surface area contributed by atoms with Crippen LogP contribution in [-0.4, -0.2) is 46.6 Å². The number of nitrogens with one attached hydrogen (secondary N) is 1. The van der Waals surface area contributed by atoms with E-state index in [0.29, 0.717) is 12.8 Å². The van der Waals surface area contributed by atoms with Crippen molar-refractivity contribution in [2.45, 2.75) is 32.2 Å². The van der Waals surface area contributed by atoms with Crippen LogP contribution >= 0.6 is 0 Å². The zero-order valence-corrected chi connectivity index (χ0v) is 9.36. The number of aliphatic hydroxyl groups is 3. The summed E-state index contributed by atoms with van der Waals surface area (Å²) in [5.74, 6) is -0.383. The highest BCUT2D eigenvalue weighted by Crippen LogP contribution is 2.10. The maximum absolute atomic E-state index is 11.7. The molecule has 1 amide bonds. The Labute approximate surface area is 90.1 Å². The monoisotopic (exact) mass is 219 g/mol. The molecule has 0 rings (SSSR count). The van der Waals surface area contributed by atoms with E-state index in [1.807, 2.05) is 13.8 Å². The maximum Gasteiger partial charge on any atom is 0.223 e. The van der Waals surface area contributed by atoms with Gasteiger partial charge in [0.1, 0.15) is 5.54 Å². The lowest BCUT2D eigenvalue weighted by molar-refractivity contribution is -0.129. The lowest BCUT2D eigenvalue weighted by atomic mass is 9.98. The predicted octanol–water partition coefficient (Wildman–Crippen LogP) is -0.746. The summed E-state index contributed by atoms with van der Waals surface area (Å²) < 4.78 is 0. The average molecular weight is 219 g/mol. The van der Waals surface area contributed by atoms with Crippen molar-refractivity contribution in [1.29, 1.82) is 0 Å². The first-order valence-electron chi connectivity index (χ1n) is 5.23. The number of hydrogen-bond donors (Lipinski definition) is 4. The summed E-state index contributed by atoms with van der Waals surface area (Å²) >= 11 is 0. The first-order valence-corrected chi connectivity index (χ1v) is 5.23. The fraction of sp³-hybridized carbons (Fsp3) is 0.900. The molecule has 0 saturated carbocycles. The molecule has 0 radical (unpaired) electrons. The van der Waals surface area contributed by atoms with Gasteiger partial charge in [0.25, 0.3) is 0 Å². The van der Waals surface area contributed by atoms with E-state index >= 15 is 0 Å². The molecular formula is C10H21NO4. The van der Waals surface area contributed by atoms with Crippen LogP contribution < -0.4 is 5.32 Å². The van der Waals surface area contributed by atoms with Gasteiger partial charge in [0.15, 0.2) is 0 Å². The predicted molar refractivity (Wildman–Crippen MR) is 56.2 cm³/mol. The molecule has 0 aromatic rings. The van der Waals surface area contributed by atoms with Gasteiger partial charge in [-0.2, -0.15) is 0 Å². The molecule has 90 valence electrons. The topological polar surface area (TPSA) is 89.8 Å². The van der Waals surface area contributed by atoms with Crippen LogP contribution in [-0.2, 0) is 4.79 Å². The van der Waals surface area contributed by atoms with E-state index in [-0.39, 0.29) is 11.8 Å². The first kappa shape index (κ1) is 14.3.